The first-order chi connectivity index (χ1) is 15.9. The van der Waals surface area contributed by atoms with Gasteiger partial charge in [-0.3, -0.25) is 14.5 Å². The number of amides is 2. The van der Waals surface area contributed by atoms with Crippen LogP contribution in [0.1, 0.15) is 13.3 Å². The Bertz CT molecular complexity index is 1150. The Hall–Kier alpha value is -2.75. The van der Waals surface area contributed by atoms with Crippen LogP contribution in [-0.2, 0) is 9.59 Å². The number of benzene rings is 2. The van der Waals surface area contributed by atoms with E-state index in [-0.39, 0.29) is 43.0 Å². The van der Waals surface area contributed by atoms with Crippen molar-refractivity contribution in [3.05, 3.63) is 48.3 Å². The smallest absolute Gasteiger partial charge is 0.234 e. The zero-order valence-corrected chi connectivity index (χ0v) is 21.0. The predicted molar refractivity (Wildman–Crippen MR) is 136 cm³/mol. The molecule has 0 N–H and O–H groups in total. The molecule has 2 aromatic carbocycles. The third-order valence-corrected chi connectivity index (χ3v) is 6.59. The minimum atomic E-state index is -0.497. The summed E-state index contributed by atoms with van der Waals surface area (Å²) in [5, 5.41) is 0.594. The number of hydrogen-bond acceptors (Lipinski definition) is 6. The van der Waals surface area contributed by atoms with Crippen LogP contribution in [-0.4, -0.2) is 62.0 Å². The van der Waals surface area contributed by atoms with E-state index in [4.69, 9.17) is 9.72 Å². The van der Waals surface area contributed by atoms with Crippen molar-refractivity contribution in [2.75, 3.05) is 50.1 Å². The van der Waals surface area contributed by atoms with E-state index < -0.39 is 5.92 Å². The van der Waals surface area contributed by atoms with Gasteiger partial charge >= 0.3 is 0 Å². The van der Waals surface area contributed by atoms with Crippen LogP contribution in [0.5, 0.6) is 5.75 Å². The normalized spacial score (nSPS) is 15.6. The molecule has 0 saturated carbocycles. The standard InChI is InChI=1S/C24H27FN4O3S.ClH/c1-4-32-19-6-5-7-20-22(19)26-24(33-20)28(13-12-27(2)3)23(31)16-14-21(30)29(15-16)18-10-8-17(25)9-11-18;/h5-11,16H,4,12-15H2,1-3H3;1H. The largest absolute Gasteiger partial charge is 0.492 e. The van der Waals surface area contributed by atoms with Crippen molar-refractivity contribution in [2.45, 2.75) is 13.3 Å². The Labute approximate surface area is 208 Å². The van der Waals surface area contributed by atoms with Crippen LogP contribution in [0.4, 0.5) is 15.2 Å². The molecule has 2 heterocycles. The Morgan fingerprint density at radius 2 is 1.94 bits per heavy atom. The van der Waals surface area contributed by atoms with Crippen LogP contribution < -0.4 is 14.5 Å². The zero-order chi connectivity index (χ0) is 23.5. The number of likely N-dealkylation sites (N-methyl/N-ethyl adjacent to an activating group) is 1. The molecule has 7 nitrogen and oxygen atoms in total. The molecule has 182 valence electrons. The number of thiazole rings is 1. The maximum Gasteiger partial charge on any atom is 0.234 e. The Morgan fingerprint density at radius 3 is 2.62 bits per heavy atom. The topological polar surface area (TPSA) is 66.0 Å². The monoisotopic (exact) mass is 506 g/mol. The van der Waals surface area contributed by atoms with Gasteiger partial charge in [-0.1, -0.05) is 17.4 Å². The highest BCUT2D eigenvalue weighted by Crippen LogP contribution is 2.36. The van der Waals surface area contributed by atoms with Gasteiger partial charge in [-0.15, -0.1) is 12.4 Å². The lowest BCUT2D eigenvalue weighted by Crippen LogP contribution is -2.41. The molecule has 0 radical (unpaired) electrons. The summed E-state index contributed by atoms with van der Waals surface area (Å²) >= 11 is 1.44. The van der Waals surface area contributed by atoms with Crippen molar-refractivity contribution in [3.63, 3.8) is 0 Å². The molecule has 0 aliphatic carbocycles. The molecule has 4 rings (SSSR count). The van der Waals surface area contributed by atoms with Crippen molar-refractivity contribution in [2.24, 2.45) is 5.92 Å². The van der Waals surface area contributed by atoms with Gasteiger partial charge in [0, 0.05) is 31.7 Å². The lowest BCUT2D eigenvalue weighted by molar-refractivity contribution is -0.124. The summed E-state index contributed by atoms with van der Waals surface area (Å²) in [6.45, 7) is 3.82. The van der Waals surface area contributed by atoms with Crippen LogP contribution in [0.25, 0.3) is 10.2 Å². The molecule has 2 amide bonds. The second-order valence-corrected chi connectivity index (χ2v) is 9.22. The maximum absolute atomic E-state index is 13.6. The van der Waals surface area contributed by atoms with Gasteiger partial charge in [-0.2, -0.15) is 0 Å². The Morgan fingerprint density at radius 1 is 1.21 bits per heavy atom. The number of aromatic nitrogens is 1. The molecule has 1 atom stereocenters. The van der Waals surface area contributed by atoms with Gasteiger partial charge in [0.2, 0.25) is 11.8 Å². The van der Waals surface area contributed by atoms with E-state index in [1.165, 1.54) is 23.5 Å². The average molecular weight is 507 g/mol. The van der Waals surface area contributed by atoms with Gasteiger partial charge in [0.25, 0.3) is 0 Å². The molecule has 0 spiro atoms. The van der Waals surface area contributed by atoms with Crippen molar-refractivity contribution in [3.8, 4) is 5.75 Å². The molecule has 1 fully saturated rings. The van der Waals surface area contributed by atoms with E-state index in [1.807, 2.05) is 44.1 Å². The second kappa shape index (κ2) is 11.1. The summed E-state index contributed by atoms with van der Waals surface area (Å²) in [7, 11) is 3.90. The van der Waals surface area contributed by atoms with Crippen LogP contribution >= 0.6 is 23.7 Å². The number of carbonyl (C=O) groups excluding carboxylic acids is 2. The molecule has 1 unspecified atom stereocenters. The third-order valence-electron chi connectivity index (χ3n) is 5.55. The number of hydrogen-bond donors (Lipinski definition) is 0. The van der Waals surface area contributed by atoms with Crippen LogP contribution in [0.15, 0.2) is 42.5 Å². The van der Waals surface area contributed by atoms with Crippen molar-refractivity contribution < 1.29 is 18.7 Å². The quantitative estimate of drug-likeness (QED) is 0.458. The minimum absolute atomic E-state index is 0. The fourth-order valence-electron chi connectivity index (χ4n) is 3.86. The van der Waals surface area contributed by atoms with Gasteiger partial charge in [0.05, 0.1) is 17.2 Å². The summed E-state index contributed by atoms with van der Waals surface area (Å²) in [5.41, 5.74) is 1.33. The number of fused-ring (bicyclic) bond motifs is 1. The summed E-state index contributed by atoms with van der Waals surface area (Å²) in [6.07, 6.45) is 0.115. The first-order valence-corrected chi connectivity index (χ1v) is 11.7. The lowest BCUT2D eigenvalue weighted by Gasteiger charge is -2.24. The van der Waals surface area contributed by atoms with E-state index in [2.05, 4.69) is 0 Å². The fraction of sp³-hybridized carbons (Fsp3) is 0.375. The highest BCUT2D eigenvalue weighted by molar-refractivity contribution is 7.22. The van der Waals surface area contributed by atoms with Gasteiger partial charge < -0.3 is 14.5 Å². The SMILES string of the molecule is CCOc1cccc2sc(N(CCN(C)C)C(=O)C3CC(=O)N(c4ccc(F)cc4)C3)nc12.Cl. The first kappa shape index (κ1) is 25.9. The predicted octanol–water partition coefficient (Wildman–Crippen LogP) is 4.20. The molecule has 1 aromatic heterocycles. The van der Waals surface area contributed by atoms with Gasteiger partial charge in [-0.05, 0) is 57.4 Å². The molecule has 3 aromatic rings. The first-order valence-electron chi connectivity index (χ1n) is 10.9. The highest BCUT2D eigenvalue weighted by Gasteiger charge is 2.38. The molecule has 34 heavy (non-hydrogen) atoms. The zero-order valence-electron chi connectivity index (χ0n) is 19.4. The van der Waals surface area contributed by atoms with Crippen LogP contribution in [0, 0.1) is 11.7 Å². The molecule has 10 heteroatoms. The molecular formula is C24H28ClFN4O3S. The van der Waals surface area contributed by atoms with Gasteiger partial charge in [0.1, 0.15) is 17.1 Å². The van der Waals surface area contributed by atoms with E-state index >= 15 is 0 Å². The molecule has 1 aliphatic rings. The number of para-hydroxylation sites is 1. The summed E-state index contributed by atoms with van der Waals surface area (Å²) in [5.74, 6) is -0.448. The van der Waals surface area contributed by atoms with Crippen molar-refractivity contribution >= 4 is 56.6 Å². The molecule has 1 aliphatic heterocycles. The number of nitrogens with zero attached hydrogens (tertiary/aromatic N) is 4. The van der Waals surface area contributed by atoms with E-state index in [0.29, 0.717) is 36.3 Å². The fourth-order valence-corrected chi connectivity index (χ4v) is 4.88. The number of ether oxygens (including phenoxy) is 1. The lowest BCUT2D eigenvalue weighted by atomic mass is 10.1. The Kier molecular flexibility index (Phi) is 8.46. The second-order valence-electron chi connectivity index (χ2n) is 8.21. The van der Waals surface area contributed by atoms with Gasteiger partial charge in [0.15, 0.2) is 5.13 Å². The third kappa shape index (κ3) is 5.48. The number of anilines is 2. The van der Waals surface area contributed by atoms with E-state index in [0.717, 1.165) is 10.2 Å². The summed E-state index contributed by atoms with van der Waals surface area (Å²) in [6, 6.07) is 11.5. The van der Waals surface area contributed by atoms with Crippen molar-refractivity contribution in [1.29, 1.82) is 0 Å². The Balaban J connectivity index is 0.00000324. The molecule has 1 saturated heterocycles. The summed E-state index contributed by atoms with van der Waals surface area (Å²) < 4.78 is 20.0. The van der Waals surface area contributed by atoms with E-state index in [1.54, 1.807) is 21.9 Å². The minimum Gasteiger partial charge on any atom is -0.492 e. The highest BCUT2D eigenvalue weighted by atomic mass is 35.5. The summed E-state index contributed by atoms with van der Waals surface area (Å²) in [4.78, 5) is 36.3. The van der Waals surface area contributed by atoms with Crippen molar-refractivity contribution in [1.82, 2.24) is 9.88 Å². The molecule has 0 bridgehead atoms. The van der Waals surface area contributed by atoms with E-state index in [9.17, 15) is 14.0 Å². The number of carbonyl (C=O) groups is 2. The van der Waals surface area contributed by atoms with Gasteiger partial charge in [-0.25, -0.2) is 9.37 Å². The van der Waals surface area contributed by atoms with Crippen LogP contribution in [0.3, 0.4) is 0 Å². The molecular weight excluding hydrogens is 479 g/mol. The van der Waals surface area contributed by atoms with Crippen LogP contribution in [0.2, 0.25) is 0 Å². The maximum atomic E-state index is 13.6. The number of halogens is 2. The number of rotatable bonds is 8. The average Bonchev–Trinajstić information content (AvgIpc) is 3.39.